The first kappa shape index (κ1) is 16.5. The van der Waals surface area contributed by atoms with Gasteiger partial charge in [0.1, 0.15) is 5.69 Å². The van der Waals surface area contributed by atoms with Crippen molar-refractivity contribution in [3.63, 3.8) is 0 Å². The van der Waals surface area contributed by atoms with E-state index in [4.69, 9.17) is 9.47 Å². The summed E-state index contributed by atoms with van der Waals surface area (Å²) in [7, 11) is 2.67. The minimum atomic E-state index is -0.782. The van der Waals surface area contributed by atoms with Gasteiger partial charge in [-0.05, 0) is 18.8 Å². The highest BCUT2D eigenvalue weighted by atomic mass is 19.1. The number of nitro groups is 1. The number of ether oxygens (including phenoxy) is 2. The molecule has 0 N–H and O–H groups in total. The predicted molar refractivity (Wildman–Crippen MR) is 83.6 cm³/mol. The molecule has 0 amide bonds. The number of nitro benzene ring substituents is 1. The highest BCUT2D eigenvalue weighted by molar-refractivity contribution is 5.80. The van der Waals surface area contributed by atoms with E-state index in [0.29, 0.717) is 19.5 Å². The highest BCUT2D eigenvalue weighted by Crippen LogP contribution is 2.51. The second-order valence-electron chi connectivity index (χ2n) is 6.35. The number of esters is 1. The van der Waals surface area contributed by atoms with E-state index in [2.05, 4.69) is 0 Å². The van der Waals surface area contributed by atoms with E-state index in [0.717, 1.165) is 18.9 Å². The van der Waals surface area contributed by atoms with Crippen LogP contribution in [0.15, 0.2) is 12.1 Å². The van der Waals surface area contributed by atoms with Crippen LogP contribution in [0.5, 0.6) is 5.75 Å². The number of benzene rings is 1. The molecule has 1 heterocycles. The highest BCUT2D eigenvalue weighted by Gasteiger charge is 2.56. The standard InChI is InChI=1S/C16H19FN2O5/c1-23-14-7-12(13(19(21)22)6-11(14)17)18-8-10-4-3-5-16(10,9-18)15(20)24-2/h6-7,10H,3-5,8-9H2,1-2H3. The van der Waals surface area contributed by atoms with Crippen molar-refractivity contribution in [1.82, 2.24) is 0 Å². The van der Waals surface area contributed by atoms with Crippen LogP contribution in [0.25, 0.3) is 0 Å². The molecule has 0 spiro atoms. The summed E-state index contributed by atoms with van der Waals surface area (Å²) >= 11 is 0. The lowest BCUT2D eigenvalue weighted by Gasteiger charge is -2.26. The minimum absolute atomic E-state index is 0.0558. The lowest BCUT2D eigenvalue weighted by atomic mass is 9.81. The average molecular weight is 338 g/mol. The van der Waals surface area contributed by atoms with Gasteiger partial charge in [0, 0.05) is 19.2 Å². The van der Waals surface area contributed by atoms with Crippen molar-refractivity contribution in [3.8, 4) is 5.75 Å². The molecule has 2 fully saturated rings. The zero-order valence-corrected chi connectivity index (χ0v) is 13.6. The quantitative estimate of drug-likeness (QED) is 0.477. The molecule has 2 unspecified atom stereocenters. The summed E-state index contributed by atoms with van der Waals surface area (Å²) in [6.07, 6.45) is 2.51. The third-order valence-corrected chi connectivity index (χ3v) is 5.25. The summed E-state index contributed by atoms with van der Waals surface area (Å²) in [6, 6.07) is 2.20. The molecule has 7 nitrogen and oxygen atoms in total. The first-order chi connectivity index (χ1) is 11.4. The van der Waals surface area contributed by atoms with Crippen molar-refractivity contribution >= 4 is 17.3 Å². The fraction of sp³-hybridized carbons (Fsp3) is 0.562. The summed E-state index contributed by atoms with van der Waals surface area (Å²) in [4.78, 5) is 24.8. The van der Waals surface area contributed by atoms with E-state index >= 15 is 0 Å². The molecule has 2 atom stereocenters. The number of methoxy groups -OCH3 is 2. The average Bonchev–Trinajstić information content (AvgIpc) is 3.11. The largest absolute Gasteiger partial charge is 0.494 e. The van der Waals surface area contributed by atoms with E-state index in [1.807, 2.05) is 0 Å². The van der Waals surface area contributed by atoms with E-state index in [9.17, 15) is 19.3 Å². The van der Waals surface area contributed by atoms with Crippen LogP contribution in [0.3, 0.4) is 0 Å². The third-order valence-electron chi connectivity index (χ3n) is 5.25. The molecule has 1 aliphatic carbocycles. The van der Waals surface area contributed by atoms with Crippen LogP contribution >= 0.6 is 0 Å². The van der Waals surface area contributed by atoms with Crippen molar-refractivity contribution in [2.24, 2.45) is 11.3 Å². The molecule has 2 aliphatic rings. The van der Waals surface area contributed by atoms with E-state index in [1.165, 1.54) is 20.3 Å². The lowest BCUT2D eigenvalue weighted by molar-refractivity contribution is -0.384. The van der Waals surface area contributed by atoms with Crippen molar-refractivity contribution < 1.29 is 23.6 Å². The predicted octanol–water partition coefficient (Wildman–Crippen LogP) is 2.52. The van der Waals surface area contributed by atoms with Gasteiger partial charge in [0.25, 0.3) is 5.69 Å². The van der Waals surface area contributed by atoms with Crippen LogP contribution in [0, 0.1) is 27.3 Å². The molecule has 8 heteroatoms. The van der Waals surface area contributed by atoms with E-state index in [-0.39, 0.29) is 29.0 Å². The summed E-state index contributed by atoms with van der Waals surface area (Å²) in [5, 5.41) is 11.3. The Morgan fingerprint density at radius 3 is 2.83 bits per heavy atom. The second kappa shape index (κ2) is 5.92. The molecule has 1 aromatic carbocycles. The maximum atomic E-state index is 13.8. The molecular formula is C16H19FN2O5. The molecule has 1 aromatic rings. The summed E-state index contributed by atoms with van der Waals surface area (Å²) in [5.41, 5.74) is -0.686. The Kier molecular flexibility index (Phi) is 4.06. The number of hydrogen-bond acceptors (Lipinski definition) is 6. The van der Waals surface area contributed by atoms with Crippen LogP contribution < -0.4 is 9.64 Å². The molecule has 1 saturated heterocycles. The van der Waals surface area contributed by atoms with Gasteiger partial charge in [0.2, 0.25) is 0 Å². The number of hydrogen-bond donors (Lipinski definition) is 0. The Bertz CT molecular complexity index is 695. The van der Waals surface area contributed by atoms with Crippen LogP contribution in [-0.4, -0.2) is 38.2 Å². The van der Waals surface area contributed by atoms with Gasteiger partial charge in [0.15, 0.2) is 11.6 Å². The molecule has 130 valence electrons. The molecule has 0 bridgehead atoms. The van der Waals surface area contributed by atoms with Crippen molar-refractivity contribution in [2.45, 2.75) is 19.3 Å². The Morgan fingerprint density at radius 1 is 1.46 bits per heavy atom. The number of carbonyl (C=O) groups is 1. The van der Waals surface area contributed by atoms with Crippen molar-refractivity contribution in [3.05, 3.63) is 28.1 Å². The topological polar surface area (TPSA) is 81.9 Å². The summed E-state index contributed by atoms with van der Waals surface area (Å²) in [5.74, 6) is -1.03. The molecule has 3 rings (SSSR count). The second-order valence-corrected chi connectivity index (χ2v) is 6.35. The number of carbonyl (C=O) groups excluding carboxylic acids is 1. The maximum absolute atomic E-state index is 13.8. The first-order valence-corrected chi connectivity index (χ1v) is 7.78. The number of halogens is 1. The molecule has 0 radical (unpaired) electrons. The Hall–Kier alpha value is -2.38. The van der Waals surface area contributed by atoms with Gasteiger partial charge in [-0.3, -0.25) is 14.9 Å². The maximum Gasteiger partial charge on any atom is 0.313 e. The minimum Gasteiger partial charge on any atom is -0.494 e. The normalized spacial score (nSPS) is 25.5. The van der Waals surface area contributed by atoms with Crippen molar-refractivity contribution in [2.75, 3.05) is 32.2 Å². The summed E-state index contributed by atoms with van der Waals surface area (Å²) < 4.78 is 23.8. The van der Waals surface area contributed by atoms with Gasteiger partial charge >= 0.3 is 5.97 Å². The number of rotatable bonds is 4. The van der Waals surface area contributed by atoms with Gasteiger partial charge in [-0.2, -0.15) is 0 Å². The van der Waals surface area contributed by atoms with Gasteiger partial charge in [-0.25, -0.2) is 4.39 Å². The van der Waals surface area contributed by atoms with E-state index in [1.54, 1.807) is 4.90 Å². The molecule has 1 saturated carbocycles. The SMILES string of the molecule is COC(=O)C12CCCC1CN(c1cc(OC)c(F)cc1[N+](=O)[O-])C2. The van der Waals surface area contributed by atoms with Crippen LogP contribution in [0.2, 0.25) is 0 Å². The zero-order valence-electron chi connectivity index (χ0n) is 13.6. The van der Waals surface area contributed by atoms with E-state index < -0.39 is 16.2 Å². The third kappa shape index (κ3) is 2.37. The monoisotopic (exact) mass is 338 g/mol. The van der Waals surface area contributed by atoms with Gasteiger partial charge in [0.05, 0.1) is 30.6 Å². The molecule has 0 aromatic heterocycles. The zero-order chi connectivity index (χ0) is 17.5. The van der Waals surface area contributed by atoms with Crippen LogP contribution in [-0.2, 0) is 9.53 Å². The smallest absolute Gasteiger partial charge is 0.313 e. The van der Waals surface area contributed by atoms with Crippen LogP contribution in [0.1, 0.15) is 19.3 Å². The fourth-order valence-corrected chi connectivity index (χ4v) is 4.10. The Morgan fingerprint density at radius 2 is 2.21 bits per heavy atom. The number of nitrogens with zero attached hydrogens (tertiary/aromatic N) is 2. The van der Waals surface area contributed by atoms with Crippen LogP contribution in [0.4, 0.5) is 15.8 Å². The Labute approximate surface area is 138 Å². The van der Waals surface area contributed by atoms with Crippen molar-refractivity contribution in [1.29, 1.82) is 0 Å². The first-order valence-electron chi connectivity index (χ1n) is 7.78. The summed E-state index contributed by atoms with van der Waals surface area (Å²) in [6.45, 7) is 0.838. The van der Waals surface area contributed by atoms with Gasteiger partial charge in [-0.15, -0.1) is 0 Å². The lowest BCUT2D eigenvalue weighted by Crippen LogP contribution is -2.37. The molecule has 1 aliphatic heterocycles. The number of anilines is 1. The van der Waals surface area contributed by atoms with Gasteiger partial charge < -0.3 is 14.4 Å². The molecule has 24 heavy (non-hydrogen) atoms. The fourth-order valence-electron chi connectivity index (χ4n) is 4.10. The Balaban J connectivity index is 2.01. The molecular weight excluding hydrogens is 319 g/mol. The van der Waals surface area contributed by atoms with Gasteiger partial charge in [-0.1, -0.05) is 6.42 Å². The number of fused-ring (bicyclic) bond motifs is 1.